The van der Waals surface area contributed by atoms with Crippen molar-refractivity contribution in [2.24, 2.45) is 0 Å². The van der Waals surface area contributed by atoms with E-state index in [1.165, 1.54) is 12.1 Å². The molecule has 0 spiro atoms. The van der Waals surface area contributed by atoms with Crippen LogP contribution >= 0.6 is 11.6 Å². The molecule has 0 saturated carbocycles. The van der Waals surface area contributed by atoms with Gasteiger partial charge in [0.05, 0.1) is 17.2 Å². The molecule has 0 aliphatic heterocycles. The number of esters is 1. The molecule has 0 fully saturated rings. The number of fused-ring (bicyclic) bond motifs is 1. The number of halogens is 1. The van der Waals surface area contributed by atoms with Gasteiger partial charge in [-0.05, 0) is 30.5 Å². The molecule has 0 aromatic heterocycles. The van der Waals surface area contributed by atoms with E-state index in [0.29, 0.717) is 5.69 Å². The van der Waals surface area contributed by atoms with Crippen molar-refractivity contribution in [3.63, 3.8) is 0 Å². The van der Waals surface area contributed by atoms with Gasteiger partial charge in [-0.3, -0.25) is 4.79 Å². The molecule has 7 heteroatoms. The summed E-state index contributed by atoms with van der Waals surface area (Å²) in [5, 5.41) is 14.4. The zero-order valence-electron chi connectivity index (χ0n) is 15.1. The Morgan fingerprint density at radius 3 is 2.64 bits per heavy atom. The molecule has 144 valence electrons. The maximum Gasteiger partial charge on any atom is 0.338 e. The fourth-order valence-electron chi connectivity index (χ4n) is 2.69. The molecular weight excluding hydrogens is 382 g/mol. The SMILES string of the molecule is CCOc1cc(C(=O)OCC(=O)Nc2cccc3ccccc23)cc(Cl)c1O. The van der Waals surface area contributed by atoms with E-state index in [-0.39, 0.29) is 28.7 Å². The highest BCUT2D eigenvalue weighted by Gasteiger charge is 2.17. The second-order valence-corrected chi connectivity index (χ2v) is 6.30. The molecule has 2 N–H and O–H groups in total. The molecule has 0 heterocycles. The Morgan fingerprint density at radius 1 is 1.11 bits per heavy atom. The molecule has 0 atom stereocenters. The molecule has 0 saturated heterocycles. The highest BCUT2D eigenvalue weighted by atomic mass is 35.5. The molecule has 1 amide bonds. The molecule has 3 rings (SSSR count). The Hall–Kier alpha value is -3.25. The van der Waals surface area contributed by atoms with Gasteiger partial charge >= 0.3 is 5.97 Å². The Labute approximate surface area is 166 Å². The third-order valence-corrected chi connectivity index (χ3v) is 4.25. The summed E-state index contributed by atoms with van der Waals surface area (Å²) in [6.45, 7) is 1.55. The number of benzene rings is 3. The van der Waals surface area contributed by atoms with E-state index in [0.717, 1.165) is 10.8 Å². The minimum absolute atomic E-state index is 0.0434. The topological polar surface area (TPSA) is 84.9 Å². The van der Waals surface area contributed by atoms with Crippen LogP contribution in [0.25, 0.3) is 10.8 Å². The average molecular weight is 400 g/mol. The van der Waals surface area contributed by atoms with Crippen LogP contribution in [-0.4, -0.2) is 30.2 Å². The molecule has 0 bridgehead atoms. The predicted molar refractivity (Wildman–Crippen MR) is 107 cm³/mol. The third kappa shape index (κ3) is 4.35. The zero-order valence-corrected chi connectivity index (χ0v) is 15.8. The van der Waals surface area contributed by atoms with Crippen molar-refractivity contribution in [1.29, 1.82) is 0 Å². The van der Waals surface area contributed by atoms with Crippen LogP contribution in [0.4, 0.5) is 5.69 Å². The van der Waals surface area contributed by atoms with Crippen LogP contribution in [-0.2, 0) is 9.53 Å². The highest BCUT2D eigenvalue weighted by Crippen LogP contribution is 2.35. The smallest absolute Gasteiger partial charge is 0.338 e. The first-order chi connectivity index (χ1) is 13.5. The van der Waals surface area contributed by atoms with E-state index in [1.807, 2.05) is 36.4 Å². The number of nitrogens with one attached hydrogen (secondary N) is 1. The van der Waals surface area contributed by atoms with Crippen molar-refractivity contribution >= 4 is 39.9 Å². The van der Waals surface area contributed by atoms with Crippen molar-refractivity contribution < 1.29 is 24.2 Å². The second-order valence-electron chi connectivity index (χ2n) is 5.89. The van der Waals surface area contributed by atoms with Gasteiger partial charge in [0, 0.05) is 11.1 Å². The fraction of sp³-hybridized carbons (Fsp3) is 0.143. The fourth-order valence-corrected chi connectivity index (χ4v) is 2.90. The summed E-state index contributed by atoms with van der Waals surface area (Å²) >= 11 is 5.91. The van der Waals surface area contributed by atoms with Gasteiger partial charge in [0.2, 0.25) is 0 Å². The normalized spacial score (nSPS) is 10.5. The minimum atomic E-state index is -0.754. The average Bonchev–Trinajstić information content (AvgIpc) is 2.70. The largest absolute Gasteiger partial charge is 0.503 e. The number of hydrogen-bond acceptors (Lipinski definition) is 5. The standard InChI is InChI=1S/C21H18ClNO5/c1-2-27-18-11-14(10-16(22)20(18)25)21(26)28-12-19(24)23-17-9-5-7-13-6-3-4-8-15(13)17/h3-11,25H,2,12H2,1H3,(H,23,24). The maximum atomic E-state index is 12.2. The molecule has 0 aliphatic rings. The van der Waals surface area contributed by atoms with Crippen LogP contribution in [0.3, 0.4) is 0 Å². The minimum Gasteiger partial charge on any atom is -0.503 e. The van der Waals surface area contributed by atoms with Gasteiger partial charge in [0.25, 0.3) is 5.91 Å². The van der Waals surface area contributed by atoms with Crippen molar-refractivity contribution in [2.75, 3.05) is 18.5 Å². The van der Waals surface area contributed by atoms with Crippen LogP contribution in [0.15, 0.2) is 54.6 Å². The summed E-state index contributed by atoms with van der Waals surface area (Å²) in [5.41, 5.74) is 0.703. The molecule has 28 heavy (non-hydrogen) atoms. The predicted octanol–water partition coefficient (Wildman–Crippen LogP) is 4.39. The van der Waals surface area contributed by atoms with Gasteiger partial charge < -0.3 is 19.9 Å². The molecule has 3 aromatic rings. The van der Waals surface area contributed by atoms with E-state index < -0.39 is 18.5 Å². The van der Waals surface area contributed by atoms with E-state index >= 15 is 0 Å². The van der Waals surface area contributed by atoms with Gasteiger partial charge in [-0.2, -0.15) is 0 Å². The maximum absolute atomic E-state index is 12.2. The van der Waals surface area contributed by atoms with Gasteiger partial charge in [-0.1, -0.05) is 48.0 Å². The van der Waals surface area contributed by atoms with Crippen molar-refractivity contribution in [2.45, 2.75) is 6.92 Å². The molecule has 6 nitrogen and oxygen atoms in total. The Bertz CT molecular complexity index is 1030. The van der Waals surface area contributed by atoms with E-state index in [2.05, 4.69) is 5.32 Å². The number of carbonyl (C=O) groups excluding carboxylic acids is 2. The number of anilines is 1. The Morgan fingerprint density at radius 2 is 1.86 bits per heavy atom. The summed E-state index contributed by atoms with van der Waals surface area (Å²) in [6, 6.07) is 15.7. The molecule has 0 aliphatic carbocycles. The van der Waals surface area contributed by atoms with Gasteiger partial charge in [-0.15, -0.1) is 0 Å². The number of ether oxygens (including phenoxy) is 2. The first-order valence-electron chi connectivity index (χ1n) is 8.59. The lowest BCUT2D eigenvalue weighted by molar-refractivity contribution is -0.119. The lowest BCUT2D eigenvalue weighted by atomic mass is 10.1. The van der Waals surface area contributed by atoms with Gasteiger partial charge in [0.1, 0.15) is 0 Å². The summed E-state index contributed by atoms with van der Waals surface area (Å²) in [4.78, 5) is 24.4. The summed E-state index contributed by atoms with van der Waals surface area (Å²) < 4.78 is 10.3. The summed E-state index contributed by atoms with van der Waals surface area (Å²) in [5.74, 6) is -1.41. The number of hydrogen-bond donors (Lipinski definition) is 2. The number of aromatic hydroxyl groups is 1. The Balaban J connectivity index is 1.67. The number of rotatable bonds is 6. The third-order valence-electron chi connectivity index (χ3n) is 3.96. The van der Waals surface area contributed by atoms with Crippen LogP contribution in [0.2, 0.25) is 5.02 Å². The van der Waals surface area contributed by atoms with Crippen LogP contribution in [0.1, 0.15) is 17.3 Å². The van der Waals surface area contributed by atoms with Crippen LogP contribution < -0.4 is 10.1 Å². The molecule has 0 unspecified atom stereocenters. The molecule has 0 radical (unpaired) electrons. The number of phenolic OH excluding ortho intramolecular Hbond substituents is 1. The number of carbonyl (C=O) groups is 2. The van der Waals surface area contributed by atoms with Crippen molar-refractivity contribution in [1.82, 2.24) is 0 Å². The lowest BCUT2D eigenvalue weighted by Gasteiger charge is -2.11. The van der Waals surface area contributed by atoms with E-state index in [4.69, 9.17) is 21.1 Å². The van der Waals surface area contributed by atoms with E-state index in [1.54, 1.807) is 13.0 Å². The molecule has 3 aromatic carbocycles. The second kappa shape index (κ2) is 8.63. The van der Waals surface area contributed by atoms with Crippen molar-refractivity contribution in [3.05, 3.63) is 65.2 Å². The van der Waals surface area contributed by atoms with Gasteiger partial charge in [0.15, 0.2) is 18.1 Å². The quantitative estimate of drug-likeness (QED) is 0.600. The number of phenols is 1. The monoisotopic (exact) mass is 399 g/mol. The summed E-state index contributed by atoms with van der Waals surface area (Å²) in [7, 11) is 0. The van der Waals surface area contributed by atoms with E-state index in [9.17, 15) is 14.7 Å². The molecular formula is C21H18ClNO5. The zero-order chi connectivity index (χ0) is 20.1. The Kier molecular flexibility index (Phi) is 6.01. The lowest BCUT2D eigenvalue weighted by Crippen LogP contribution is -2.21. The number of amides is 1. The van der Waals surface area contributed by atoms with Crippen LogP contribution in [0, 0.1) is 0 Å². The van der Waals surface area contributed by atoms with Crippen LogP contribution in [0.5, 0.6) is 11.5 Å². The summed E-state index contributed by atoms with van der Waals surface area (Å²) in [6.07, 6.45) is 0. The highest BCUT2D eigenvalue weighted by molar-refractivity contribution is 6.32. The first kappa shape index (κ1) is 19.5. The van der Waals surface area contributed by atoms with Crippen molar-refractivity contribution in [3.8, 4) is 11.5 Å². The first-order valence-corrected chi connectivity index (χ1v) is 8.97. The van der Waals surface area contributed by atoms with Gasteiger partial charge in [-0.25, -0.2) is 4.79 Å².